The molecule has 0 aliphatic heterocycles. The van der Waals surface area contributed by atoms with Crippen molar-refractivity contribution >= 4 is 5.71 Å². The van der Waals surface area contributed by atoms with Gasteiger partial charge in [-0.05, 0) is 30.8 Å². The maximum atomic E-state index is 6.11. The summed E-state index contributed by atoms with van der Waals surface area (Å²) in [7, 11) is 0. The van der Waals surface area contributed by atoms with Crippen LogP contribution < -0.4 is 5.73 Å². The fraction of sp³-hybridized carbons (Fsp3) is 0.786. The van der Waals surface area contributed by atoms with Crippen molar-refractivity contribution in [2.75, 3.05) is 6.54 Å². The van der Waals surface area contributed by atoms with Crippen molar-refractivity contribution in [1.29, 1.82) is 0 Å². The van der Waals surface area contributed by atoms with Gasteiger partial charge < -0.3 is 5.73 Å². The lowest BCUT2D eigenvalue weighted by atomic mass is 9.94. The summed E-state index contributed by atoms with van der Waals surface area (Å²) in [4.78, 5) is 4.71. The Hall–Kier alpha value is -0.790. The summed E-state index contributed by atoms with van der Waals surface area (Å²) in [6, 6.07) is 0. The van der Waals surface area contributed by atoms with Gasteiger partial charge in [0.1, 0.15) is 0 Å². The van der Waals surface area contributed by atoms with Crippen molar-refractivity contribution < 1.29 is 0 Å². The zero-order valence-corrected chi connectivity index (χ0v) is 11.6. The first-order chi connectivity index (χ1) is 7.58. The Morgan fingerprint density at radius 2 is 1.75 bits per heavy atom. The molecule has 0 heterocycles. The molecule has 0 aliphatic rings. The summed E-state index contributed by atoms with van der Waals surface area (Å²) in [6.45, 7) is 11.8. The van der Waals surface area contributed by atoms with E-state index in [0.717, 1.165) is 37.9 Å². The molecule has 0 radical (unpaired) electrons. The van der Waals surface area contributed by atoms with E-state index in [2.05, 4.69) is 34.6 Å². The summed E-state index contributed by atoms with van der Waals surface area (Å²) in [5.41, 5.74) is 9.66. The van der Waals surface area contributed by atoms with Gasteiger partial charge in [0.15, 0.2) is 0 Å². The molecule has 0 aliphatic carbocycles. The van der Waals surface area contributed by atoms with Crippen LogP contribution in [0.5, 0.6) is 0 Å². The molecule has 0 atom stereocenters. The molecule has 0 aromatic rings. The van der Waals surface area contributed by atoms with Gasteiger partial charge in [0, 0.05) is 18.0 Å². The van der Waals surface area contributed by atoms with Gasteiger partial charge in [0.2, 0.25) is 0 Å². The lowest BCUT2D eigenvalue weighted by Crippen LogP contribution is -2.17. The topological polar surface area (TPSA) is 38.4 Å². The highest BCUT2D eigenvalue weighted by molar-refractivity contribution is 6.02. The molecule has 0 saturated carbocycles. The van der Waals surface area contributed by atoms with E-state index in [9.17, 15) is 0 Å². The third kappa shape index (κ3) is 4.82. The third-order valence-electron chi connectivity index (χ3n) is 2.63. The molecule has 0 fully saturated rings. The Morgan fingerprint density at radius 3 is 2.12 bits per heavy atom. The number of rotatable bonds is 7. The van der Waals surface area contributed by atoms with Crippen LogP contribution in [-0.2, 0) is 0 Å². The van der Waals surface area contributed by atoms with Crippen LogP contribution in [0.25, 0.3) is 0 Å². The van der Waals surface area contributed by atoms with Crippen LogP contribution in [-0.4, -0.2) is 12.3 Å². The molecular weight excluding hydrogens is 196 g/mol. The normalized spacial score (nSPS) is 14.2. The lowest BCUT2D eigenvalue weighted by molar-refractivity contribution is 0.818. The number of nitrogens with zero attached hydrogens (tertiary/aromatic N) is 1. The van der Waals surface area contributed by atoms with Crippen molar-refractivity contribution in [3.05, 3.63) is 11.3 Å². The minimum atomic E-state index is 0.471. The second kappa shape index (κ2) is 8.37. The molecular formula is C14H28N2. The monoisotopic (exact) mass is 224 g/mol. The molecule has 2 heteroatoms. The van der Waals surface area contributed by atoms with Crippen LogP contribution >= 0.6 is 0 Å². The van der Waals surface area contributed by atoms with Gasteiger partial charge in [-0.3, -0.25) is 4.99 Å². The summed E-state index contributed by atoms with van der Waals surface area (Å²) < 4.78 is 0. The van der Waals surface area contributed by atoms with Gasteiger partial charge in [-0.2, -0.15) is 0 Å². The quantitative estimate of drug-likeness (QED) is 0.654. The fourth-order valence-electron chi connectivity index (χ4n) is 1.78. The lowest BCUT2D eigenvalue weighted by Gasteiger charge is -2.17. The van der Waals surface area contributed by atoms with Crippen molar-refractivity contribution in [2.24, 2.45) is 16.6 Å². The van der Waals surface area contributed by atoms with Gasteiger partial charge in [0.25, 0.3) is 0 Å². The third-order valence-corrected chi connectivity index (χ3v) is 2.63. The average molecular weight is 224 g/mol. The molecule has 0 unspecified atom stereocenters. The molecule has 2 N–H and O–H groups in total. The predicted octanol–water partition coefficient (Wildman–Crippen LogP) is 3.92. The fourth-order valence-corrected chi connectivity index (χ4v) is 1.78. The number of nitrogens with two attached hydrogens (primary N) is 1. The first kappa shape index (κ1) is 15.2. The summed E-state index contributed by atoms with van der Waals surface area (Å²) in [5, 5.41) is 0. The Bertz CT molecular complexity index is 249. The average Bonchev–Trinajstić information content (AvgIpc) is 2.26. The second-order valence-corrected chi connectivity index (χ2v) is 4.53. The molecule has 0 saturated heterocycles. The molecule has 16 heavy (non-hydrogen) atoms. The second-order valence-electron chi connectivity index (χ2n) is 4.53. The van der Waals surface area contributed by atoms with Crippen LogP contribution in [0.15, 0.2) is 16.3 Å². The Morgan fingerprint density at radius 1 is 1.12 bits per heavy atom. The van der Waals surface area contributed by atoms with Crippen molar-refractivity contribution in [3.8, 4) is 0 Å². The standard InChI is InChI=1S/C14H28N2/c1-6-9-12(13(15)8-3)14(11(4)5)16-10-7-2/h11H,6-10,15H2,1-5H3/b13-12-,16-14?. The zero-order valence-electron chi connectivity index (χ0n) is 11.6. The van der Waals surface area contributed by atoms with Crippen LogP contribution in [0, 0.1) is 5.92 Å². The molecule has 94 valence electrons. The van der Waals surface area contributed by atoms with Gasteiger partial charge in [-0.1, -0.05) is 41.0 Å². The molecule has 0 aromatic carbocycles. The minimum Gasteiger partial charge on any atom is -0.402 e. The van der Waals surface area contributed by atoms with Crippen molar-refractivity contribution in [3.63, 3.8) is 0 Å². The number of allylic oxidation sites excluding steroid dienone is 2. The maximum absolute atomic E-state index is 6.11. The van der Waals surface area contributed by atoms with E-state index < -0.39 is 0 Å². The van der Waals surface area contributed by atoms with Crippen LogP contribution in [0.4, 0.5) is 0 Å². The van der Waals surface area contributed by atoms with E-state index in [-0.39, 0.29) is 0 Å². The highest BCUT2D eigenvalue weighted by Crippen LogP contribution is 2.18. The smallest absolute Gasteiger partial charge is 0.0422 e. The summed E-state index contributed by atoms with van der Waals surface area (Å²) >= 11 is 0. The van der Waals surface area contributed by atoms with Gasteiger partial charge in [0.05, 0.1) is 0 Å². The molecule has 0 spiro atoms. The minimum absolute atomic E-state index is 0.471. The van der Waals surface area contributed by atoms with E-state index in [4.69, 9.17) is 10.7 Å². The predicted molar refractivity (Wildman–Crippen MR) is 73.8 cm³/mol. The van der Waals surface area contributed by atoms with Crippen LogP contribution in [0.1, 0.15) is 60.3 Å². The van der Waals surface area contributed by atoms with Gasteiger partial charge in [-0.25, -0.2) is 0 Å². The van der Waals surface area contributed by atoms with E-state index in [1.165, 1.54) is 11.3 Å². The maximum Gasteiger partial charge on any atom is 0.0422 e. The van der Waals surface area contributed by atoms with Crippen molar-refractivity contribution in [2.45, 2.75) is 60.3 Å². The molecule has 0 aromatic heterocycles. The van der Waals surface area contributed by atoms with Crippen molar-refractivity contribution in [1.82, 2.24) is 0 Å². The van der Waals surface area contributed by atoms with E-state index in [0.29, 0.717) is 5.92 Å². The molecule has 0 amide bonds. The summed E-state index contributed by atoms with van der Waals surface area (Å²) in [5.74, 6) is 0.471. The van der Waals surface area contributed by atoms with E-state index >= 15 is 0 Å². The van der Waals surface area contributed by atoms with Gasteiger partial charge in [-0.15, -0.1) is 0 Å². The largest absolute Gasteiger partial charge is 0.402 e. The first-order valence-corrected chi connectivity index (χ1v) is 6.60. The first-order valence-electron chi connectivity index (χ1n) is 6.60. The number of hydrogen-bond acceptors (Lipinski definition) is 2. The van der Waals surface area contributed by atoms with E-state index in [1.54, 1.807) is 0 Å². The Labute approximate surface area is 101 Å². The van der Waals surface area contributed by atoms with E-state index in [1.807, 2.05) is 0 Å². The number of aliphatic imine (C=N–C) groups is 1. The van der Waals surface area contributed by atoms with Gasteiger partial charge >= 0.3 is 0 Å². The molecule has 2 nitrogen and oxygen atoms in total. The highest BCUT2D eigenvalue weighted by Gasteiger charge is 2.13. The SMILES string of the molecule is CCCN=C(/C(CCC)=C(\N)CC)C(C)C. The molecule has 0 rings (SSSR count). The highest BCUT2D eigenvalue weighted by atomic mass is 14.7. The van der Waals surface area contributed by atoms with Crippen LogP contribution in [0.2, 0.25) is 0 Å². The summed E-state index contributed by atoms with van der Waals surface area (Å²) in [6.07, 6.45) is 4.21. The Balaban J connectivity index is 5.11. The zero-order chi connectivity index (χ0) is 12.6. The van der Waals surface area contributed by atoms with Crippen LogP contribution in [0.3, 0.4) is 0 Å². The number of hydrogen-bond donors (Lipinski definition) is 1. The molecule has 0 bridgehead atoms. The Kier molecular flexibility index (Phi) is 7.96.